The van der Waals surface area contributed by atoms with Crippen LogP contribution in [-0.4, -0.2) is 39.9 Å². The minimum Gasteiger partial charge on any atom is -0.316 e. The summed E-state index contributed by atoms with van der Waals surface area (Å²) in [5.41, 5.74) is 5.99. The number of carbonyl (C=O) groups is 1. The molecule has 5 rings (SSSR count). The Bertz CT molecular complexity index is 1220. The predicted octanol–water partition coefficient (Wildman–Crippen LogP) is 5.80. The van der Waals surface area contributed by atoms with Crippen LogP contribution in [0.15, 0.2) is 79.3 Å². The number of likely N-dealkylation sites (tertiary alicyclic amines) is 1. The van der Waals surface area contributed by atoms with Gasteiger partial charge in [-0.25, -0.2) is 0 Å². The average molecular weight is 452 g/mol. The molecule has 0 bridgehead atoms. The number of hydrogen-bond acceptors (Lipinski definition) is 3. The molecule has 3 heterocycles. The topological polar surface area (TPSA) is 38.1 Å². The molecule has 0 spiro atoms. The molecule has 4 aromatic rings. The van der Waals surface area contributed by atoms with Crippen LogP contribution in [0.3, 0.4) is 0 Å². The van der Waals surface area contributed by atoms with Gasteiger partial charge in [-0.05, 0) is 79.7 Å². The summed E-state index contributed by atoms with van der Waals surface area (Å²) in [5, 5.41) is 1.34. The highest BCUT2D eigenvalue weighted by atomic mass is 16.1. The fraction of sp³-hybridized carbons (Fsp3) is 0.333. The van der Waals surface area contributed by atoms with Gasteiger partial charge in [0, 0.05) is 49.1 Å². The predicted molar refractivity (Wildman–Crippen MR) is 139 cm³/mol. The Morgan fingerprint density at radius 3 is 2.47 bits per heavy atom. The van der Waals surface area contributed by atoms with Crippen LogP contribution in [0.2, 0.25) is 0 Å². The standard InChI is InChI=1S/C30H33N3O/c34-28(15-12-25-7-6-17-31-22-25)21-24-10-13-27(14-11-24)33-23-26(29-8-2-3-9-30(29)33)16-20-32-18-4-1-5-19-32/h2-3,6-11,13-14,17,22-23H,1,4-5,12,15-16,18-21H2. The van der Waals surface area contributed by atoms with E-state index in [1.54, 1.807) is 6.20 Å². The fourth-order valence-corrected chi connectivity index (χ4v) is 5.04. The van der Waals surface area contributed by atoms with Gasteiger partial charge in [0.1, 0.15) is 5.78 Å². The van der Waals surface area contributed by atoms with E-state index in [4.69, 9.17) is 0 Å². The molecule has 2 aromatic carbocycles. The van der Waals surface area contributed by atoms with E-state index < -0.39 is 0 Å². The first-order chi connectivity index (χ1) is 16.8. The van der Waals surface area contributed by atoms with Crippen LogP contribution in [0.5, 0.6) is 0 Å². The van der Waals surface area contributed by atoms with Crippen molar-refractivity contribution in [3.05, 3.63) is 95.9 Å². The summed E-state index contributed by atoms with van der Waals surface area (Å²) in [7, 11) is 0. The van der Waals surface area contributed by atoms with Crippen molar-refractivity contribution in [2.45, 2.75) is 44.9 Å². The van der Waals surface area contributed by atoms with E-state index in [-0.39, 0.29) is 5.78 Å². The number of carbonyl (C=O) groups excluding carboxylic acids is 1. The van der Waals surface area contributed by atoms with Crippen molar-refractivity contribution in [1.29, 1.82) is 0 Å². The number of fused-ring (bicyclic) bond motifs is 1. The van der Waals surface area contributed by atoms with Crippen LogP contribution >= 0.6 is 0 Å². The molecule has 0 atom stereocenters. The second kappa shape index (κ2) is 10.8. The zero-order valence-electron chi connectivity index (χ0n) is 19.8. The van der Waals surface area contributed by atoms with E-state index in [0.29, 0.717) is 12.8 Å². The lowest BCUT2D eigenvalue weighted by Crippen LogP contribution is -2.31. The number of ketones is 1. The maximum atomic E-state index is 12.5. The molecule has 1 saturated heterocycles. The molecule has 1 aliphatic rings. The largest absolute Gasteiger partial charge is 0.316 e. The number of para-hydroxylation sites is 1. The Morgan fingerprint density at radius 2 is 1.68 bits per heavy atom. The molecule has 0 unspecified atom stereocenters. The first-order valence-electron chi connectivity index (χ1n) is 12.6. The maximum absolute atomic E-state index is 12.5. The van der Waals surface area contributed by atoms with Gasteiger partial charge in [-0.3, -0.25) is 9.78 Å². The van der Waals surface area contributed by atoms with E-state index in [9.17, 15) is 4.79 Å². The molecule has 1 aliphatic heterocycles. The van der Waals surface area contributed by atoms with Gasteiger partial charge in [-0.15, -0.1) is 0 Å². The van der Waals surface area contributed by atoms with Crippen LogP contribution in [0.25, 0.3) is 16.6 Å². The van der Waals surface area contributed by atoms with E-state index in [1.807, 2.05) is 18.3 Å². The highest BCUT2D eigenvalue weighted by Crippen LogP contribution is 2.26. The second-order valence-electron chi connectivity index (χ2n) is 9.44. The van der Waals surface area contributed by atoms with Gasteiger partial charge in [0.05, 0.1) is 5.52 Å². The van der Waals surface area contributed by atoms with Gasteiger partial charge < -0.3 is 9.47 Å². The summed E-state index contributed by atoms with van der Waals surface area (Å²) in [4.78, 5) is 19.2. The smallest absolute Gasteiger partial charge is 0.137 e. The molecule has 0 N–H and O–H groups in total. The van der Waals surface area contributed by atoms with Crippen molar-refractivity contribution in [3.63, 3.8) is 0 Å². The highest BCUT2D eigenvalue weighted by Gasteiger charge is 2.14. The van der Waals surface area contributed by atoms with Crippen molar-refractivity contribution in [2.24, 2.45) is 0 Å². The molecule has 4 heteroatoms. The molecule has 4 nitrogen and oxygen atoms in total. The monoisotopic (exact) mass is 451 g/mol. The van der Waals surface area contributed by atoms with Crippen molar-refractivity contribution in [1.82, 2.24) is 14.5 Å². The lowest BCUT2D eigenvalue weighted by molar-refractivity contribution is -0.118. The molecular weight excluding hydrogens is 418 g/mol. The van der Waals surface area contributed by atoms with Gasteiger partial charge in [-0.2, -0.15) is 0 Å². The van der Waals surface area contributed by atoms with E-state index in [1.165, 1.54) is 48.8 Å². The minimum absolute atomic E-state index is 0.267. The van der Waals surface area contributed by atoms with Crippen LogP contribution in [0.1, 0.15) is 42.4 Å². The SMILES string of the molecule is O=C(CCc1cccnc1)Cc1ccc(-n2cc(CCN3CCCCC3)c3ccccc32)cc1. The quantitative estimate of drug-likeness (QED) is 0.323. The Labute approximate surface area is 202 Å². The average Bonchev–Trinajstić information content (AvgIpc) is 3.27. The van der Waals surface area contributed by atoms with Gasteiger partial charge in [0.15, 0.2) is 0 Å². The summed E-state index contributed by atoms with van der Waals surface area (Å²) in [5.74, 6) is 0.267. The Kier molecular flexibility index (Phi) is 7.16. The van der Waals surface area contributed by atoms with Crippen LogP contribution in [0.4, 0.5) is 0 Å². The molecule has 1 fully saturated rings. The molecule has 0 saturated carbocycles. The summed E-state index contributed by atoms with van der Waals surface area (Å²) in [6, 6.07) is 21.1. The van der Waals surface area contributed by atoms with Crippen molar-refractivity contribution in [3.8, 4) is 5.69 Å². The number of pyridine rings is 1. The van der Waals surface area contributed by atoms with Gasteiger partial charge in [0.2, 0.25) is 0 Å². The van der Waals surface area contributed by atoms with Crippen LogP contribution in [0, 0.1) is 0 Å². The number of piperidine rings is 1. The van der Waals surface area contributed by atoms with Crippen LogP contribution < -0.4 is 0 Å². The lowest BCUT2D eigenvalue weighted by atomic mass is 10.0. The first kappa shape index (κ1) is 22.5. The van der Waals surface area contributed by atoms with E-state index >= 15 is 0 Å². The zero-order chi connectivity index (χ0) is 23.2. The highest BCUT2D eigenvalue weighted by molar-refractivity contribution is 5.86. The maximum Gasteiger partial charge on any atom is 0.137 e. The van der Waals surface area contributed by atoms with Gasteiger partial charge in [0.25, 0.3) is 0 Å². The lowest BCUT2D eigenvalue weighted by Gasteiger charge is -2.26. The number of aromatic nitrogens is 2. The fourth-order valence-electron chi connectivity index (χ4n) is 5.04. The Hall–Kier alpha value is -3.24. The van der Waals surface area contributed by atoms with Crippen LogP contribution in [-0.2, 0) is 24.1 Å². The minimum atomic E-state index is 0.267. The summed E-state index contributed by atoms with van der Waals surface area (Å²) >= 11 is 0. The molecule has 2 aromatic heterocycles. The third kappa shape index (κ3) is 5.45. The van der Waals surface area contributed by atoms with Gasteiger partial charge >= 0.3 is 0 Å². The molecular formula is C30H33N3O. The third-order valence-corrected chi connectivity index (χ3v) is 6.97. The number of benzene rings is 2. The second-order valence-corrected chi connectivity index (χ2v) is 9.44. The number of Topliss-reactive ketones (excluding diaryl/α,β-unsaturated/α-hetero) is 1. The molecule has 0 amide bonds. The molecule has 174 valence electrons. The first-order valence-corrected chi connectivity index (χ1v) is 12.6. The zero-order valence-corrected chi connectivity index (χ0v) is 19.8. The molecule has 34 heavy (non-hydrogen) atoms. The van der Waals surface area contributed by atoms with Crippen molar-refractivity contribution >= 4 is 16.7 Å². The van der Waals surface area contributed by atoms with Crippen molar-refractivity contribution in [2.75, 3.05) is 19.6 Å². The molecule has 0 aliphatic carbocycles. The van der Waals surface area contributed by atoms with E-state index in [0.717, 1.165) is 36.2 Å². The summed E-state index contributed by atoms with van der Waals surface area (Å²) in [6.45, 7) is 3.61. The summed E-state index contributed by atoms with van der Waals surface area (Å²) in [6.07, 6.45) is 12.8. The van der Waals surface area contributed by atoms with Gasteiger partial charge in [-0.1, -0.05) is 42.8 Å². The Balaban J connectivity index is 1.26. The number of rotatable bonds is 9. The van der Waals surface area contributed by atoms with E-state index in [2.05, 4.69) is 69.2 Å². The number of hydrogen-bond donors (Lipinski definition) is 0. The van der Waals surface area contributed by atoms with Crippen molar-refractivity contribution < 1.29 is 4.79 Å². The number of nitrogens with zero attached hydrogens (tertiary/aromatic N) is 3. The third-order valence-electron chi connectivity index (χ3n) is 6.97. The molecule has 0 radical (unpaired) electrons. The summed E-state index contributed by atoms with van der Waals surface area (Å²) < 4.78 is 2.30. The Morgan fingerprint density at radius 1 is 0.853 bits per heavy atom. The number of aryl methyl sites for hydroxylation is 1. The normalized spacial score (nSPS) is 14.5.